The summed E-state index contributed by atoms with van der Waals surface area (Å²) in [7, 11) is 0. The van der Waals surface area contributed by atoms with E-state index in [1.807, 2.05) is 6.20 Å². The standard InChI is InChI=1S/C18H26F2N4O/c1-13-17-21-15(8-16(25)24-11-18(19,20)12-24)10-23(17)7-6-22(13)9-14-4-2-3-5-14/h10,13-14H,2-9,11-12H2,1H3/t13-/m1/s1. The second-order valence-corrected chi connectivity index (χ2v) is 7.89. The molecule has 3 aliphatic rings. The van der Waals surface area contributed by atoms with Crippen molar-refractivity contribution in [2.75, 3.05) is 26.2 Å². The fraction of sp³-hybridized carbons (Fsp3) is 0.778. The van der Waals surface area contributed by atoms with Crippen LogP contribution in [0.15, 0.2) is 6.20 Å². The van der Waals surface area contributed by atoms with E-state index in [4.69, 9.17) is 0 Å². The summed E-state index contributed by atoms with van der Waals surface area (Å²) in [4.78, 5) is 20.5. The average molecular weight is 352 g/mol. The van der Waals surface area contributed by atoms with E-state index >= 15 is 0 Å². The van der Waals surface area contributed by atoms with E-state index in [9.17, 15) is 13.6 Å². The number of halogens is 2. The Balaban J connectivity index is 1.38. The van der Waals surface area contributed by atoms with Crippen LogP contribution >= 0.6 is 0 Å². The summed E-state index contributed by atoms with van der Waals surface area (Å²) in [6.07, 6.45) is 7.41. The number of carbonyl (C=O) groups is 1. The van der Waals surface area contributed by atoms with Gasteiger partial charge in [-0.05, 0) is 25.7 Å². The van der Waals surface area contributed by atoms with E-state index in [1.54, 1.807) is 0 Å². The third-order valence-corrected chi connectivity index (χ3v) is 5.90. The van der Waals surface area contributed by atoms with Crippen LogP contribution in [0.3, 0.4) is 0 Å². The summed E-state index contributed by atoms with van der Waals surface area (Å²) in [6, 6.07) is 0.242. The lowest BCUT2D eigenvalue weighted by Gasteiger charge is -2.38. The molecule has 4 rings (SSSR count). The van der Waals surface area contributed by atoms with Crippen molar-refractivity contribution in [3.05, 3.63) is 17.7 Å². The van der Waals surface area contributed by atoms with Gasteiger partial charge in [0.2, 0.25) is 5.91 Å². The van der Waals surface area contributed by atoms with Crippen LogP contribution in [0, 0.1) is 5.92 Å². The van der Waals surface area contributed by atoms with Crippen LogP contribution < -0.4 is 0 Å². The molecule has 0 radical (unpaired) electrons. The van der Waals surface area contributed by atoms with E-state index in [2.05, 4.69) is 21.4 Å². The van der Waals surface area contributed by atoms with Crippen LogP contribution in [0.1, 0.15) is 50.2 Å². The van der Waals surface area contributed by atoms with E-state index < -0.39 is 19.0 Å². The number of hydrogen-bond donors (Lipinski definition) is 0. The lowest BCUT2D eigenvalue weighted by molar-refractivity contribution is -0.165. The highest BCUT2D eigenvalue weighted by Crippen LogP contribution is 2.31. The lowest BCUT2D eigenvalue weighted by atomic mass is 10.1. The van der Waals surface area contributed by atoms with Crippen LogP contribution in [-0.4, -0.2) is 57.4 Å². The van der Waals surface area contributed by atoms with Crippen molar-refractivity contribution in [2.45, 2.75) is 57.5 Å². The normalized spacial score (nSPS) is 26.5. The molecule has 1 aromatic rings. The predicted octanol–water partition coefficient (Wildman–Crippen LogP) is 2.47. The number of aromatic nitrogens is 2. The molecular weight excluding hydrogens is 326 g/mol. The van der Waals surface area contributed by atoms with Crippen molar-refractivity contribution in [1.29, 1.82) is 0 Å². The van der Waals surface area contributed by atoms with Gasteiger partial charge in [-0.3, -0.25) is 9.69 Å². The number of likely N-dealkylation sites (tertiary alicyclic amines) is 1. The summed E-state index contributed by atoms with van der Waals surface area (Å²) < 4.78 is 28.0. The minimum atomic E-state index is -2.71. The van der Waals surface area contributed by atoms with Gasteiger partial charge in [0.05, 0.1) is 31.2 Å². The summed E-state index contributed by atoms with van der Waals surface area (Å²) in [5, 5.41) is 0. The van der Waals surface area contributed by atoms with Gasteiger partial charge < -0.3 is 9.47 Å². The molecule has 1 saturated heterocycles. The zero-order chi connectivity index (χ0) is 17.6. The quantitative estimate of drug-likeness (QED) is 0.836. The molecule has 1 atom stereocenters. The summed E-state index contributed by atoms with van der Waals surface area (Å²) in [5.41, 5.74) is 0.699. The number of hydrogen-bond acceptors (Lipinski definition) is 3. The lowest BCUT2D eigenvalue weighted by Crippen LogP contribution is -2.58. The van der Waals surface area contributed by atoms with Gasteiger partial charge in [0.15, 0.2) is 0 Å². The first-order chi connectivity index (χ1) is 11.9. The summed E-state index contributed by atoms with van der Waals surface area (Å²) >= 11 is 0. The maximum Gasteiger partial charge on any atom is 0.282 e. The minimum Gasteiger partial charge on any atom is -0.332 e. The Kier molecular flexibility index (Phi) is 4.30. The van der Waals surface area contributed by atoms with E-state index in [0.717, 1.165) is 31.4 Å². The fourth-order valence-corrected chi connectivity index (χ4v) is 4.41. The van der Waals surface area contributed by atoms with Crippen molar-refractivity contribution < 1.29 is 13.6 Å². The molecule has 5 nitrogen and oxygen atoms in total. The Morgan fingerprint density at radius 1 is 1.28 bits per heavy atom. The largest absolute Gasteiger partial charge is 0.332 e. The number of carbonyl (C=O) groups excluding carboxylic acids is 1. The molecule has 1 saturated carbocycles. The molecule has 1 aliphatic carbocycles. The van der Waals surface area contributed by atoms with Gasteiger partial charge in [-0.25, -0.2) is 13.8 Å². The molecule has 25 heavy (non-hydrogen) atoms. The number of rotatable bonds is 4. The zero-order valence-electron chi connectivity index (χ0n) is 14.8. The summed E-state index contributed by atoms with van der Waals surface area (Å²) in [6.45, 7) is 4.29. The molecule has 0 spiro atoms. The molecule has 0 bridgehead atoms. The Morgan fingerprint density at radius 3 is 2.68 bits per heavy atom. The Labute approximate surface area is 147 Å². The molecule has 2 aliphatic heterocycles. The first kappa shape index (κ1) is 16.9. The van der Waals surface area contributed by atoms with Crippen LogP contribution in [0.4, 0.5) is 8.78 Å². The van der Waals surface area contributed by atoms with Crippen molar-refractivity contribution in [1.82, 2.24) is 19.4 Å². The molecule has 138 valence electrons. The molecule has 7 heteroatoms. The molecule has 2 fully saturated rings. The Morgan fingerprint density at radius 2 is 2.00 bits per heavy atom. The van der Waals surface area contributed by atoms with Crippen molar-refractivity contribution in [3.8, 4) is 0 Å². The maximum atomic E-state index is 12.9. The first-order valence-electron chi connectivity index (χ1n) is 9.37. The average Bonchev–Trinajstić information content (AvgIpc) is 3.17. The third-order valence-electron chi connectivity index (χ3n) is 5.90. The van der Waals surface area contributed by atoms with Gasteiger partial charge in [0, 0.05) is 25.8 Å². The number of alkyl halides is 2. The minimum absolute atomic E-state index is 0.116. The van der Waals surface area contributed by atoms with E-state index in [-0.39, 0.29) is 18.4 Å². The second kappa shape index (κ2) is 6.34. The van der Waals surface area contributed by atoms with Crippen LogP contribution in [0.5, 0.6) is 0 Å². The van der Waals surface area contributed by atoms with E-state index in [1.165, 1.54) is 30.6 Å². The molecule has 3 heterocycles. The molecule has 0 unspecified atom stereocenters. The Hall–Kier alpha value is -1.50. The molecular formula is C18H26F2N4O. The first-order valence-corrected chi connectivity index (χ1v) is 9.37. The number of amides is 1. The Bertz CT molecular complexity index is 646. The third kappa shape index (κ3) is 3.43. The highest BCUT2D eigenvalue weighted by Gasteiger charge is 2.46. The van der Waals surface area contributed by atoms with Gasteiger partial charge in [-0.2, -0.15) is 0 Å². The van der Waals surface area contributed by atoms with Crippen molar-refractivity contribution in [3.63, 3.8) is 0 Å². The predicted molar refractivity (Wildman–Crippen MR) is 89.4 cm³/mol. The van der Waals surface area contributed by atoms with E-state index in [0.29, 0.717) is 5.69 Å². The van der Waals surface area contributed by atoms with Gasteiger partial charge in [0.1, 0.15) is 5.82 Å². The monoisotopic (exact) mass is 352 g/mol. The summed E-state index contributed by atoms with van der Waals surface area (Å²) in [5.74, 6) is -1.16. The van der Waals surface area contributed by atoms with Crippen molar-refractivity contribution >= 4 is 5.91 Å². The zero-order valence-corrected chi connectivity index (χ0v) is 14.8. The number of nitrogens with zero attached hydrogens (tertiary/aromatic N) is 4. The van der Waals surface area contributed by atoms with Crippen LogP contribution in [0.2, 0.25) is 0 Å². The molecule has 1 aromatic heterocycles. The fourth-order valence-electron chi connectivity index (χ4n) is 4.41. The van der Waals surface area contributed by atoms with Gasteiger partial charge >= 0.3 is 0 Å². The molecule has 0 aromatic carbocycles. The van der Waals surface area contributed by atoms with Gasteiger partial charge in [-0.15, -0.1) is 0 Å². The SMILES string of the molecule is C[C@@H]1c2nc(CC(=O)N3CC(F)(F)C3)cn2CCN1CC1CCCC1. The number of fused-ring (bicyclic) bond motifs is 1. The smallest absolute Gasteiger partial charge is 0.282 e. The van der Waals surface area contributed by atoms with Crippen molar-refractivity contribution in [2.24, 2.45) is 5.92 Å². The highest BCUT2D eigenvalue weighted by atomic mass is 19.3. The van der Waals surface area contributed by atoms with Crippen LogP contribution in [-0.2, 0) is 17.8 Å². The number of imidazole rings is 1. The second-order valence-electron chi connectivity index (χ2n) is 7.89. The maximum absolute atomic E-state index is 12.9. The molecule has 1 amide bonds. The van der Waals surface area contributed by atoms with Gasteiger partial charge in [0.25, 0.3) is 5.92 Å². The van der Waals surface area contributed by atoms with Crippen LogP contribution in [0.25, 0.3) is 0 Å². The topological polar surface area (TPSA) is 41.4 Å². The highest BCUT2D eigenvalue weighted by molar-refractivity contribution is 5.79. The van der Waals surface area contributed by atoms with Gasteiger partial charge in [-0.1, -0.05) is 12.8 Å². The molecule has 0 N–H and O–H groups in total.